The van der Waals surface area contributed by atoms with Crippen LogP contribution in [0.5, 0.6) is 0 Å². The summed E-state index contributed by atoms with van der Waals surface area (Å²) in [5, 5.41) is 2.62. The highest BCUT2D eigenvalue weighted by atomic mass is 14.2. The van der Waals surface area contributed by atoms with Crippen LogP contribution in [0.3, 0.4) is 0 Å². The molecule has 0 spiro atoms. The molecule has 0 fully saturated rings. The number of aryl methyl sites for hydroxylation is 1. The summed E-state index contributed by atoms with van der Waals surface area (Å²) in [5.74, 6) is 0. The second kappa shape index (κ2) is 4.64. The molecule has 0 aromatic heterocycles. The molecule has 96 valence electrons. The van der Waals surface area contributed by atoms with Crippen LogP contribution < -0.4 is 0 Å². The Labute approximate surface area is 119 Å². The van der Waals surface area contributed by atoms with Gasteiger partial charge in [-0.3, -0.25) is 0 Å². The van der Waals surface area contributed by atoms with Crippen molar-refractivity contribution in [3.63, 3.8) is 0 Å². The van der Waals surface area contributed by atoms with Crippen molar-refractivity contribution in [3.05, 3.63) is 83.4 Å². The summed E-state index contributed by atoms with van der Waals surface area (Å²) < 4.78 is 0. The van der Waals surface area contributed by atoms with Crippen molar-refractivity contribution in [1.82, 2.24) is 0 Å². The number of hydrogen-bond donors (Lipinski definition) is 0. The van der Waals surface area contributed by atoms with Crippen molar-refractivity contribution in [3.8, 4) is 0 Å². The second-order valence-electron chi connectivity index (χ2n) is 5.43. The molecule has 1 aliphatic carbocycles. The zero-order chi connectivity index (χ0) is 13.4. The van der Waals surface area contributed by atoms with Crippen LogP contribution in [0.4, 0.5) is 0 Å². The summed E-state index contributed by atoms with van der Waals surface area (Å²) in [4.78, 5) is 0. The minimum absolute atomic E-state index is 1.16. The van der Waals surface area contributed by atoms with E-state index >= 15 is 0 Å². The molecule has 1 aliphatic rings. The molecule has 0 saturated carbocycles. The molecule has 3 aromatic carbocycles. The van der Waals surface area contributed by atoms with E-state index in [2.05, 4.69) is 72.8 Å². The van der Waals surface area contributed by atoms with E-state index < -0.39 is 0 Å². The minimum Gasteiger partial charge on any atom is -0.0620 e. The number of rotatable bonds is 1. The average Bonchev–Trinajstić information content (AvgIpc) is 2.91. The van der Waals surface area contributed by atoms with E-state index in [1.807, 2.05) is 0 Å². The van der Waals surface area contributed by atoms with Crippen LogP contribution in [0, 0.1) is 0 Å². The molecular formula is C20H16. The summed E-state index contributed by atoms with van der Waals surface area (Å²) in [6.45, 7) is 0. The highest BCUT2D eigenvalue weighted by Gasteiger charge is 2.14. The average molecular weight is 256 g/mol. The summed E-state index contributed by atoms with van der Waals surface area (Å²) in [6.07, 6.45) is 4.68. The molecule has 0 N–H and O–H groups in total. The van der Waals surface area contributed by atoms with Crippen LogP contribution in [0.25, 0.3) is 22.4 Å². The summed E-state index contributed by atoms with van der Waals surface area (Å²) in [5.41, 5.74) is 5.69. The quantitative estimate of drug-likeness (QED) is 0.552. The van der Waals surface area contributed by atoms with Crippen molar-refractivity contribution >= 4 is 22.4 Å². The molecule has 3 aromatic rings. The molecule has 20 heavy (non-hydrogen) atoms. The van der Waals surface area contributed by atoms with Gasteiger partial charge in [0.25, 0.3) is 0 Å². The Bertz CT molecular complexity index is 809. The lowest BCUT2D eigenvalue weighted by Crippen LogP contribution is -1.80. The number of allylic oxidation sites excluding steroid dienone is 1. The highest BCUT2D eigenvalue weighted by molar-refractivity contribution is 5.90. The fraction of sp³-hybridized carbons (Fsp3) is 0.100. The van der Waals surface area contributed by atoms with E-state index in [1.54, 1.807) is 0 Å². The molecule has 0 atom stereocenters. The van der Waals surface area contributed by atoms with Gasteiger partial charge in [0.05, 0.1) is 0 Å². The lowest BCUT2D eigenvalue weighted by Gasteiger charge is -2.03. The van der Waals surface area contributed by atoms with Crippen LogP contribution in [-0.4, -0.2) is 0 Å². The molecule has 0 amide bonds. The smallest absolute Gasteiger partial charge is 0.0178 e. The van der Waals surface area contributed by atoms with Gasteiger partial charge < -0.3 is 0 Å². The minimum atomic E-state index is 1.16. The normalized spacial score (nSPS) is 15.7. The van der Waals surface area contributed by atoms with Crippen molar-refractivity contribution in [1.29, 1.82) is 0 Å². The Hall–Kier alpha value is -2.34. The van der Waals surface area contributed by atoms with Gasteiger partial charge in [0.15, 0.2) is 0 Å². The molecule has 0 aliphatic heterocycles. The van der Waals surface area contributed by atoms with Crippen LogP contribution >= 0.6 is 0 Å². The number of benzene rings is 3. The standard InChI is InChI=1S/C20H16/c1-2-7-18-13-15(9-10-16(18)5-1)14-19-12-11-17-6-3-4-8-20(17)19/h1-10,13-14H,11-12H2/b19-14-. The third-order valence-electron chi connectivity index (χ3n) is 4.14. The lowest BCUT2D eigenvalue weighted by atomic mass is 10.0. The van der Waals surface area contributed by atoms with Gasteiger partial charge in [-0.05, 0) is 51.9 Å². The highest BCUT2D eigenvalue weighted by Crippen LogP contribution is 2.33. The third kappa shape index (κ3) is 1.94. The molecule has 0 heteroatoms. The molecule has 0 nitrogen and oxygen atoms in total. The Morgan fingerprint density at radius 2 is 1.50 bits per heavy atom. The zero-order valence-electron chi connectivity index (χ0n) is 11.3. The SMILES string of the molecule is C(=C1\CCc2ccccc21)/c1ccc2ccccc2c1. The van der Waals surface area contributed by atoms with E-state index in [4.69, 9.17) is 0 Å². The van der Waals surface area contributed by atoms with Crippen LogP contribution in [0.1, 0.15) is 23.1 Å². The van der Waals surface area contributed by atoms with Gasteiger partial charge in [0.2, 0.25) is 0 Å². The first-order valence-electron chi connectivity index (χ1n) is 7.18. The van der Waals surface area contributed by atoms with E-state index in [0.717, 1.165) is 6.42 Å². The molecule has 4 rings (SSSR count). The molecule has 0 radical (unpaired) electrons. The molecule has 0 unspecified atom stereocenters. The zero-order valence-corrected chi connectivity index (χ0v) is 11.3. The van der Waals surface area contributed by atoms with Gasteiger partial charge in [-0.1, -0.05) is 66.7 Å². The lowest BCUT2D eigenvalue weighted by molar-refractivity contribution is 1.08. The Kier molecular flexibility index (Phi) is 2.67. The predicted octanol–water partition coefficient (Wildman–Crippen LogP) is 5.33. The van der Waals surface area contributed by atoms with E-state index in [-0.39, 0.29) is 0 Å². The Morgan fingerprint density at radius 3 is 2.45 bits per heavy atom. The monoisotopic (exact) mass is 256 g/mol. The van der Waals surface area contributed by atoms with Crippen molar-refractivity contribution in [2.45, 2.75) is 12.8 Å². The van der Waals surface area contributed by atoms with Gasteiger partial charge >= 0.3 is 0 Å². The largest absolute Gasteiger partial charge is 0.0620 e. The van der Waals surface area contributed by atoms with Gasteiger partial charge in [0, 0.05) is 0 Å². The van der Waals surface area contributed by atoms with Crippen molar-refractivity contribution in [2.75, 3.05) is 0 Å². The van der Waals surface area contributed by atoms with Crippen molar-refractivity contribution < 1.29 is 0 Å². The van der Waals surface area contributed by atoms with E-state index in [1.165, 1.54) is 39.5 Å². The fourth-order valence-corrected chi connectivity index (χ4v) is 3.10. The summed E-state index contributed by atoms with van der Waals surface area (Å²) in [7, 11) is 0. The van der Waals surface area contributed by atoms with E-state index in [0.29, 0.717) is 0 Å². The van der Waals surface area contributed by atoms with Gasteiger partial charge in [-0.15, -0.1) is 0 Å². The van der Waals surface area contributed by atoms with Gasteiger partial charge in [0.1, 0.15) is 0 Å². The maximum atomic E-state index is 2.35. The number of fused-ring (bicyclic) bond motifs is 2. The molecule has 0 bridgehead atoms. The first-order valence-corrected chi connectivity index (χ1v) is 7.18. The maximum Gasteiger partial charge on any atom is -0.0178 e. The number of hydrogen-bond acceptors (Lipinski definition) is 0. The van der Waals surface area contributed by atoms with Crippen LogP contribution in [-0.2, 0) is 6.42 Å². The Morgan fingerprint density at radius 1 is 0.700 bits per heavy atom. The van der Waals surface area contributed by atoms with Crippen molar-refractivity contribution in [2.24, 2.45) is 0 Å². The van der Waals surface area contributed by atoms with Crippen LogP contribution in [0.15, 0.2) is 66.7 Å². The second-order valence-corrected chi connectivity index (χ2v) is 5.43. The first-order chi connectivity index (χ1) is 9.90. The Balaban J connectivity index is 1.79. The predicted molar refractivity (Wildman–Crippen MR) is 86.6 cm³/mol. The maximum absolute atomic E-state index is 2.35. The molecular weight excluding hydrogens is 240 g/mol. The topological polar surface area (TPSA) is 0 Å². The van der Waals surface area contributed by atoms with Crippen LogP contribution in [0.2, 0.25) is 0 Å². The van der Waals surface area contributed by atoms with Gasteiger partial charge in [-0.2, -0.15) is 0 Å². The molecule has 0 saturated heterocycles. The molecule has 0 heterocycles. The fourth-order valence-electron chi connectivity index (χ4n) is 3.10. The first kappa shape index (κ1) is 11.5. The third-order valence-corrected chi connectivity index (χ3v) is 4.14. The summed E-state index contributed by atoms with van der Waals surface area (Å²) in [6, 6.07) is 24.0. The van der Waals surface area contributed by atoms with E-state index in [9.17, 15) is 0 Å². The summed E-state index contributed by atoms with van der Waals surface area (Å²) >= 11 is 0. The van der Waals surface area contributed by atoms with Gasteiger partial charge in [-0.25, -0.2) is 0 Å².